The normalized spacial score (nSPS) is 11.4. The molecule has 0 spiro atoms. The molecular weight excluding hydrogens is 199 g/mol. The number of alkyl halides is 3. The van der Waals surface area contributed by atoms with Crippen molar-refractivity contribution >= 4 is 19.1 Å². The van der Waals surface area contributed by atoms with Gasteiger partial charge in [0.1, 0.15) is 13.7 Å². The van der Waals surface area contributed by atoms with Gasteiger partial charge in [0.2, 0.25) is 0 Å². The van der Waals surface area contributed by atoms with Gasteiger partial charge < -0.3 is 0 Å². The fourth-order valence-electron chi connectivity index (χ4n) is 0.868. The molecule has 2 radical (unpaired) electrons. The third-order valence-electron chi connectivity index (χ3n) is 1.50. The molecule has 0 aliphatic rings. The van der Waals surface area contributed by atoms with Crippen molar-refractivity contribution in [1.82, 2.24) is 0 Å². The third-order valence-corrected chi connectivity index (χ3v) is 1.50. The summed E-state index contributed by atoms with van der Waals surface area (Å²) in [6, 6.07) is 2.40. The molecule has 0 bridgehead atoms. The van der Waals surface area contributed by atoms with E-state index in [2.05, 4.69) is 0 Å². The van der Waals surface area contributed by atoms with Crippen LogP contribution in [0.3, 0.4) is 0 Å². The largest absolute Gasteiger partial charge is 0.454 e. The van der Waals surface area contributed by atoms with Gasteiger partial charge in [0, 0.05) is 0 Å². The molecule has 0 N–H and O–H groups in total. The zero-order valence-corrected chi connectivity index (χ0v) is 6.73. The number of rotatable bonds is 1. The maximum atomic E-state index is 12.8. The second-order valence-corrected chi connectivity index (χ2v) is 2.57. The quantitative estimate of drug-likeness (QED) is 0.381. The molecule has 0 amide bonds. The molecule has 0 saturated heterocycles. The first kappa shape index (κ1) is 10.8. The molecule has 0 atom stereocenters. The summed E-state index contributed by atoms with van der Waals surface area (Å²) in [6.07, 6.45) is -5.07. The lowest BCUT2D eigenvalue weighted by molar-refractivity contribution is -0.0887. The minimum atomic E-state index is -5.07. The molecule has 0 fully saturated rings. The van der Waals surface area contributed by atoms with Crippen molar-refractivity contribution in [3.05, 3.63) is 29.6 Å². The van der Waals surface area contributed by atoms with Gasteiger partial charge in [-0.2, -0.15) is 13.2 Å². The van der Waals surface area contributed by atoms with Gasteiger partial charge in [-0.15, -0.1) is 0 Å². The van der Waals surface area contributed by atoms with Crippen LogP contribution in [0.1, 0.15) is 10.4 Å². The highest BCUT2D eigenvalue weighted by molar-refractivity contribution is 6.32. The summed E-state index contributed by atoms with van der Waals surface area (Å²) in [5, 5.41) is 0. The smallest absolute Gasteiger partial charge is 0.284 e. The fraction of sp³-hybridized carbons (Fsp3) is 0.125. The van der Waals surface area contributed by atoms with Crippen molar-refractivity contribution in [2.75, 3.05) is 0 Å². The Morgan fingerprint density at radius 2 is 1.86 bits per heavy atom. The molecule has 1 aromatic rings. The van der Waals surface area contributed by atoms with Crippen molar-refractivity contribution in [2.45, 2.75) is 6.18 Å². The van der Waals surface area contributed by atoms with E-state index in [9.17, 15) is 22.4 Å². The van der Waals surface area contributed by atoms with E-state index in [1.165, 1.54) is 0 Å². The Balaban J connectivity index is 3.15. The first-order valence-corrected chi connectivity index (χ1v) is 3.49. The van der Waals surface area contributed by atoms with Crippen LogP contribution in [-0.4, -0.2) is 19.8 Å². The Morgan fingerprint density at radius 1 is 1.29 bits per heavy atom. The molecule has 0 unspecified atom stereocenters. The molecule has 6 heteroatoms. The van der Waals surface area contributed by atoms with Crippen molar-refractivity contribution < 1.29 is 22.4 Å². The number of Topliss-reactive ketones (excluding diaryl/α,β-unsaturated/α-hetero) is 1. The molecule has 1 nitrogen and oxygen atoms in total. The van der Waals surface area contributed by atoms with E-state index in [1.54, 1.807) is 0 Å². The predicted octanol–water partition coefficient (Wildman–Crippen LogP) is 1.36. The molecule has 1 rings (SSSR count). The van der Waals surface area contributed by atoms with Gasteiger partial charge in [-0.1, -0.05) is 11.5 Å². The monoisotopic (exact) mass is 202 g/mol. The summed E-state index contributed by atoms with van der Waals surface area (Å²) in [4.78, 5) is 10.6. The fourth-order valence-corrected chi connectivity index (χ4v) is 0.868. The van der Waals surface area contributed by atoms with Crippen LogP contribution in [0.25, 0.3) is 0 Å². The average molecular weight is 202 g/mol. The van der Waals surface area contributed by atoms with Crippen LogP contribution >= 0.6 is 0 Å². The van der Waals surface area contributed by atoms with E-state index in [0.717, 1.165) is 6.07 Å². The van der Waals surface area contributed by atoms with E-state index in [1.807, 2.05) is 0 Å². The van der Waals surface area contributed by atoms with Gasteiger partial charge in [0.25, 0.3) is 5.78 Å². The zero-order chi connectivity index (χ0) is 10.9. The van der Waals surface area contributed by atoms with Gasteiger partial charge in [-0.05, 0) is 12.1 Å². The number of ketones is 1. The van der Waals surface area contributed by atoms with E-state index in [4.69, 9.17) is 7.85 Å². The first-order chi connectivity index (χ1) is 6.32. The Hall–Kier alpha value is -1.33. The van der Waals surface area contributed by atoms with Crippen molar-refractivity contribution in [2.24, 2.45) is 0 Å². The summed E-state index contributed by atoms with van der Waals surface area (Å²) in [6.45, 7) is 0. The van der Waals surface area contributed by atoms with Crippen molar-refractivity contribution in [3.63, 3.8) is 0 Å². The van der Waals surface area contributed by atoms with Crippen LogP contribution in [0.5, 0.6) is 0 Å². The minimum absolute atomic E-state index is 0.0405. The maximum absolute atomic E-state index is 12.8. The molecule has 14 heavy (non-hydrogen) atoms. The lowest BCUT2D eigenvalue weighted by atomic mass is 9.94. The van der Waals surface area contributed by atoms with E-state index in [0.29, 0.717) is 12.1 Å². The molecule has 0 aliphatic carbocycles. The van der Waals surface area contributed by atoms with Crippen molar-refractivity contribution in [1.29, 1.82) is 0 Å². The Morgan fingerprint density at radius 3 is 2.29 bits per heavy atom. The molecular formula is C8H3BF4O. The highest BCUT2D eigenvalue weighted by atomic mass is 19.4. The highest BCUT2D eigenvalue weighted by Gasteiger charge is 2.40. The number of carbonyl (C=O) groups is 1. The number of hydrogen-bond acceptors (Lipinski definition) is 1. The summed E-state index contributed by atoms with van der Waals surface area (Å²) in [7, 11) is 5.10. The number of halogens is 4. The maximum Gasteiger partial charge on any atom is 0.454 e. The molecule has 0 saturated carbocycles. The van der Waals surface area contributed by atoms with Crippen LogP contribution < -0.4 is 5.46 Å². The van der Waals surface area contributed by atoms with Crippen molar-refractivity contribution in [3.8, 4) is 0 Å². The molecule has 0 heterocycles. The second kappa shape index (κ2) is 3.44. The van der Waals surface area contributed by atoms with Gasteiger partial charge in [-0.3, -0.25) is 4.79 Å². The van der Waals surface area contributed by atoms with Crippen LogP contribution in [0, 0.1) is 5.82 Å². The molecule has 0 aliphatic heterocycles. The van der Waals surface area contributed by atoms with E-state index < -0.39 is 23.3 Å². The van der Waals surface area contributed by atoms with Crippen LogP contribution in [0.4, 0.5) is 17.6 Å². The van der Waals surface area contributed by atoms with Crippen LogP contribution in [0.2, 0.25) is 0 Å². The van der Waals surface area contributed by atoms with Crippen LogP contribution in [0.15, 0.2) is 18.2 Å². The first-order valence-electron chi connectivity index (χ1n) is 3.49. The summed E-state index contributed by atoms with van der Waals surface area (Å²) in [5.41, 5.74) is -1.06. The van der Waals surface area contributed by atoms with E-state index in [-0.39, 0.29) is 5.46 Å². The van der Waals surface area contributed by atoms with Gasteiger partial charge in [0.15, 0.2) is 0 Å². The number of hydrogen-bond donors (Lipinski definition) is 0. The molecule has 1 aromatic carbocycles. The SMILES string of the molecule is [B]c1ccc(C(=O)C(F)(F)F)c(F)c1. The lowest BCUT2D eigenvalue weighted by Crippen LogP contribution is -2.24. The van der Waals surface area contributed by atoms with Gasteiger partial charge >= 0.3 is 6.18 Å². The minimum Gasteiger partial charge on any atom is -0.284 e. The van der Waals surface area contributed by atoms with Gasteiger partial charge in [-0.25, -0.2) is 4.39 Å². The summed E-state index contributed by atoms with van der Waals surface area (Å²) in [5.74, 6) is -3.48. The second-order valence-electron chi connectivity index (χ2n) is 2.57. The Labute approximate surface area is 78.1 Å². The Kier molecular flexibility index (Phi) is 2.64. The lowest BCUT2D eigenvalue weighted by Gasteiger charge is -2.06. The highest BCUT2D eigenvalue weighted by Crippen LogP contribution is 2.22. The third kappa shape index (κ3) is 2.13. The summed E-state index contributed by atoms with van der Waals surface area (Å²) < 4.78 is 48.4. The number of benzene rings is 1. The zero-order valence-electron chi connectivity index (χ0n) is 6.73. The predicted molar refractivity (Wildman–Crippen MR) is 42.2 cm³/mol. The standard InChI is InChI=1S/C8H3BF4O/c9-4-1-2-5(6(10)3-4)7(14)8(11,12)13/h1-3H. The average Bonchev–Trinajstić information content (AvgIpc) is 2.01. The Bertz CT molecular complexity index is 372. The molecule has 72 valence electrons. The van der Waals surface area contributed by atoms with E-state index >= 15 is 0 Å². The summed E-state index contributed by atoms with van der Waals surface area (Å²) >= 11 is 0. The topological polar surface area (TPSA) is 17.1 Å². The van der Waals surface area contributed by atoms with Crippen LogP contribution in [-0.2, 0) is 0 Å². The van der Waals surface area contributed by atoms with Gasteiger partial charge in [0.05, 0.1) is 5.56 Å². The number of carbonyl (C=O) groups excluding carboxylic acids is 1. The molecule has 0 aromatic heterocycles.